The number of ether oxygens (including phenoxy) is 2. The van der Waals surface area contributed by atoms with Gasteiger partial charge in [0.1, 0.15) is 11.5 Å². The average Bonchev–Trinajstić information content (AvgIpc) is 3.53. The van der Waals surface area contributed by atoms with Crippen molar-refractivity contribution in [2.75, 3.05) is 30.0 Å². The Balaban J connectivity index is 1.15. The lowest BCUT2D eigenvalue weighted by molar-refractivity contribution is -0.118. The van der Waals surface area contributed by atoms with Crippen LogP contribution in [0.2, 0.25) is 0 Å². The second-order valence-electron chi connectivity index (χ2n) is 6.94. The van der Waals surface area contributed by atoms with Crippen LogP contribution in [0.1, 0.15) is 15.7 Å². The fourth-order valence-corrected chi connectivity index (χ4v) is 6.98. The van der Waals surface area contributed by atoms with E-state index in [-0.39, 0.29) is 12.5 Å². The number of anilines is 1. The van der Waals surface area contributed by atoms with Gasteiger partial charge >= 0.3 is 0 Å². The Morgan fingerprint density at radius 1 is 1.17 bits per heavy atom. The number of benzene rings is 2. The van der Waals surface area contributed by atoms with E-state index in [1.165, 1.54) is 34.0 Å². The second kappa shape index (κ2) is 8.91. The Morgan fingerprint density at radius 2 is 2.00 bits per heavy atom. The Morgan fingerprint density at radius 3 is 2.83 bits per heavy atom. The highest BCUT2D eigenvalue weighted by molar-refractivity contribution is 8.19. The van der Waals surface area contributed by atoms with Gasteiger partial charge < -0.3 is 9.47 Å². The van der Waals surface area contributed by atoms with E-state index in [1.54, 1.807) is 0 Å². The summed E-state index contributed by atoms with van der Waals surface area (Å²) in [6.45, 7) is 0.690. The summed E-state index contributed by atoms with van der Waals surface area (Å²) < 4.78 is 11.7. The minimum absolute atomic E-state index is 0.0443. The lowest BCUT2D eigenvalue weighted by Gasteiger charge is -2.10. The number of fused-ring (bicyclic) bond motifs is 1. The van der Waals surface area contributed by atoms with Crippen LogP contribution < -0.4 is 14.8 Å². The molecular formula is C22H20N2O3S3. The molecule has 3 aromatic rings. The summed E-state index contributed by atoms with van der Waals surface area (Å²) in [5.41, 5.74) is 4.39. The van der Waals surface area contributed by atoms with Crippen molar-refractivity contribution in [2.45, 2.75) is 11.0 Å². The smallest absolute Gasteiger partial charge is 0.264 e. The van der Waals surface area contributed by atoms with Gasteiger partial charge in [0.25, 0.3) is 5.91 Å². The molecule has 2 aliphatic rings. The molecule has 0 bridgehead atoms. The van der Waals surface area contributed by atoms with Gasteiger partial charge in [-0.15, -0.1) is 34.9 Å². The van der Waals surface area contributed by atoms with Crippen molar-refractivity contribution in [3.63, 3.8) is 0 Å². The van der Waals surface area contributed by atoms with Crippen LogP contribution in [-0.4, -0.2) is 35.6 Å². The molecule has 0 aliphatic carbocycles. The Kier molecular flexibility index (Phi) is 5.88. The van der Waals surface area contributed by atoms with E-state index in [2.05, 4.69) is 28.5 Å². The van der Waals surface area contributed by atoms with Gasteiger partial charge in [0, 0.05) is 28.9 Å². The lowest BCUT2D eigenvalue weighted by atomic mass is 10.1. The van der Waals surface area contributed by atoms with Crippen molar-refractivity contribution in [3.8, 4) is 22.8 Å². The Labute approximate surface area is 187 Å². The van der Waals surface area contributed by atoms with Gasteiger partial charge in [-0.1, -0.05) is 12.1 Å². The number of aromatic nitrogens is 1. The minimum atomic E-state index is -0.218. The molecule has 5 rings (SSSR count). The molecule has 1 fully saturated rings. The maximum absolute atomic E-state index is 12.3. The first kappa shape index (κ1) is 19.8. The van der Waals surface area contributed by atoms with Crippen LogP contribution in [0.4, 0.5) is 5.13 Å². The number of hydrogen-bond donors (Lipinski definition) is 1. The molecule has 0 spiro atoms. The molecular weight excluding hydrogens is 436 g/mol. The zero-order chi connectivity index (χ0) is 20.3. The lowest BCUT2D eigenvalue weighted by Crippen LogP contribution is -2.20. The third-order valence-electron chi connectivity index (χ3n) is 4.88. The van der Waals surface area contributed by atoms with Crippen LogP contribution in [0, 0.1) is 0 Å². The zero-order valence-corrected chi connectivity index (χ0v) is 18.6. The number of amides is 1. The minimum Gasteiger partial charge on any atom is -0.493 e. The summed E-state index contributed by atoms with van der Waals surface area (Å²) in [6.07, 6.45) is 0.924. The average molecular weight is 457 g/mol. The first-order valence-corrected chi connectivity index (χ1v) is 12.7. The number of nitrogens with one attached hydrogen (secondary N) is 1. The third-order valence-corrected chi connectivity index (χ3v) is 8.74. The molecule has 8 heteroatoms. The predicted octanol–water partition coefficient (Wildman–Crippen LogP) is 5.24. The zero-order valence-electron chi connectivity index (χ0n) is 16.1. The Hall–Kier alpha value is -2.16. The number of thiazole rings is 1. The molecule has 1 N–H and O–H groups in total. The quantitative estimate of drug-likeness (QED) is 0.547. The normalized spacial score (nSPS) is 15.6. The van der Waals surface area contributed by atoms with Crippen molar-refractivity contribution in [3.05, 3.63) is 59.0 Å². The molecule has 0 radical (unpaired) electrons. The van der Waals surface area contributed by atoms with Gasteiger partial charge in [0.05, 0.1) is 16.9 Å². The highest BCUT2D eigenvalue weighted by atomic mass is 32.2. The Bertz CT molecular complexity index is 1050. The van der Waals surface area contributed by atoms with E-state index in [1.807, 2.05) is 53.2 Å². The summed E-state index contributed by atoms with van der Waals surface area (Å²) in [6, 6.07) is 14.1. The van der Waals surface area contributed by atoms with Gasteiger partial charge in [-0.3, -0.25) is 10.1 Å². The van der Waals surface area contributed by atoms with E-state index < -0.39 is 0 Å². The molecule has 0 saturated carbocycles. The standard InChI is InChI=1S/C22H20N2O3S3/c25-20(12-27-17-4-1-14(2-5-17)21-28-9-10-29-21)24-22-23-18(13-30-22)15-3-6-19-16(11-15)7-8-26-19/h1-6,11,13,21H,7-10,12H2,(H,23,24,25). The SMILES string of the molecule is O=C(COc1ccc(C2SCCS2)cc1)Nc1nc(-c2ccc3c(c2)CCO3)cs1. The van der Waals surface area contributed by atoms with Crippen LogP contribution >= 0.6 is 34.9 Å². The summed E-state index contributed by atoms with van der Waals surface area (Å²) in [7, 11) is 0. The monoisotopic (exact) mass is 456 g/mol. The molecule has 2 aliphatic heterocycles. The fraction of sp³-hybridized carbons (Fsp3) is 0.273. The highest BCUT2D eigenvalue weighted by Gasteiger charge is 2.18. The predicted molar refractivity (Wildman–Crippen MR) is 125 cm³/mol. The van der Waals surface area contributed by atoms with Gasteiger partial charge in [0.15, 0.2) is 11.7 Å². The largest absolute Gasteiger partial charge is 0.493 e. The van der Waals surface area contributed by atoms with Gasteiger partial charge in [-0.25, -0.2) is 4.98 Å². The first-order chi connectivity index (χ1) is 14.7. The molecule has 2 aromatic carbocycles. The number of carbonyl (C=O) groups is 1. The van der Waals surface area contributed by atoms with Gasteiger partial charge in [-0.05, 0) is 41.5 Å². The maximum atomic E-state index is 12.3. The second-order valence-corrected chi connectivity index (χ2v) is 10.5. The number of hydrogen-bond acceptors (Lipinski definition) is 7. The molecule has 0 atom stereocenters. The van der Waals surface area contributed by atoms with Gasteiger partial charge in [-0.2, -0.15) is 0 Å². The molecule has 30 heavy (non-hydrogen) atoms. The maximum Gasteiger partial charge on any atom is 0.264 e. The molecule has 1 amide bonds. The summed E-state index contributed by atoms with van der Waals surface area (Å²) in [5.74, 6) is 3.83. The fourth-order valence-electron chi connectivity index (χ4n) is 3.39. The van der Waals surface area contributed by atoms with Crippen LogP contribution in [0.3, 0.4) is 0 Å². The van der Waals surface area contributed by atoms with Crippen LogP contribution in [0.5, 0.6) is 11.5 Å². The van der Waals surface area contributed by atoms with E-state index in [4.69, 9.17) is 9.47 Å². The number of rotatable bonds is 6. The molecule has 5 nitrogen and oxygen atoms in total. The van der Waals surface area contributed by atoms with E-state index >= 15 is 0 Å². The van der Waals surface area contributed by atoms with Gasteiger partial charge in [0.2, 0.25) is 0 Å². The summed E-state index contributed by atoms with van der Waals surface area (Å²) in [4.78, 5) is 16.8. The van der Waals surface area contributed by atoms with Crippen molar-refractivity contribution < 1.29 is 14.3 Å². The third kappa shape index (κ3) is 4.45. The van der Waals surface area contributed by atoms with E-state index in [0.717, 1.165) is 30.0 Å². The van der Waals surface area contributed by atoms with Crippen molar-refractivity contribution >= 4 is 45.9 Å². The number of thioether (sulfide) groups is 2. The summed E-state index contributed by atoms with van der Waals surface area (Å²) >= 11 is 5.35. The first-order valence-electron chi connectivity index (χ1n) is 9.72. The van der Waals surface area contributed by atoms with Crippen molar-refractivity contribution in [2.24, 2.45) is 0 Å². The molecule has 1 aromatic heterocycles. The van der Waals surface area contributed by atoms with Crippen LogP contribution in [0.15, 0.2) is 47.8 Å². The van der Waals surface area contributed by atoms with Crippen LogP contribution in [-0.2, 0) is 11.2 Å². The van der Waals surface area contributed by atoms with E-state index in [9.17, 15) is 4.79 Å². The summed E-state index contributed by atoms with van der Waals surface area (Å²) in [5, 5.41) is 5.34. The highest BCUT2D eigenvalue weighted by Crippen LogP contribution is 2.45. The molecule has 0 unspecified atom stereocenters. The van der Waals surface area contributed by atoms with Crippen LogP contribution in [0.25, 0.3) is 11.3 Å². The topological polar surface area (TPSA) is 60.5 Å². The van der Waals surface area contributed by atoms with E-state index in [0.29, 0.717) is 15.5 Å². The number of nitrogens with zero attached hydrogens (tertiary/aromatic N) is 1. The molecule has 1 saturated heterocycles. The number of carbonyl (C=O) groups excluding carboxylic acids is 1. The molecule has 154 valence electrons. The van der Waals surface area contributed by atoms with Crippen molar-refractivity contribution in [1.29, 1.82) is 0 Å². The van der Waals surface area contributed by atoms with Crippen molar-refractivity contribution in [1.82, 2.24) is 4.98 Å². The molecule has 3 heterocycles.